The van der Waals surface area contributed by atoms with Gasteiger partial charge < -0.3 is 15.4 Å². The van der Waals surface area contributed by atoms with Crippen LogP contribution < -0.4 is 5.73 Å². The van der Waals surface area contributed by atoms with Crippen LogP contribution in [0.1, 0.15) is 26.7 Å². The minimum absolute atomic E-state index is 0.521. The molecule has 2 N–H and O–H groups in total. The summed E-state index contributed by atoms with van der Waals surface area (Å²) < 4.78 is 5.37. The van der Waals surface area contributed by atoms with Gasteiger partial charge in [-0.3, -0.25) is 0 Å². The summed E-state index contributed by atoms with van der Waals surface area (Å²) in [6.45, 7) is 8.30. The van der Waals surface area contributed by atoms with Crippen molar-refractivity contribution in [1.29, 1.82) is 0 Å². The topological polar surface area (TPSA) is 38.5 Å². The lowest BCUT2D eigenvalue weighted by Gasteiger charge is -2.34. The highest BCUT2D eigenvalue weighted by molar-refractivity contribution is 4.76. The summed E-state index contributed by atoms with van der Waals surface area (Å²) in [7, 11) is 2.20. The Kier molecular flexibility index (Phi) is 5.58. The number of likely N-dealkylation sites (N-methyl/N-ethyl adjacent to an activating group) is 1. The molecule has 1 atom stereocenters. The van der Waals surface area contributed by atoms with Crippen LogP contribution in [0.25, 0.3) is 0 Å². The Morgan fingerprint density at radius 2 is 1.93 bits per heavy atom. The molecular formula is C12H26N2O. The summed E-state index contributed by atoms with van der Waals surface area (Å²) in [5.74, 6) is 1.44. The Bertz CT molecular complexity index is 167. The quantitative estimate of drug-likeness (QED) is 0.750. The SMILES string of the molecule is CC(C)C(CN)N(C)CC1CCOCC1. The molecule has 1 fully saturated rings. The first-order chi connectivity index (χ1) is 7.15. The zero-order valence-corrected chi connectivity index (χ0v) is 10.4. The molecule has 0 aromatic heterocycles. The zero-order valence-electron chi connectivity index (χ0n) is 10.4. The number of rotatable bonds is 5. The van der Waals surface area contributed by atoms with E-state index in [9.17, 15) is 0 Å². The van der Waals surface area contributed by atoms with E-state index in [1.807, 2.05) is 0 Å². The number of hydrogen-bond acceptors (Lipinski definition) is 3. The summed E-state index contributed by atoms with van der Waals surface area (Å²) in [5, 5.41) is 0. The standard InChI is InChI=1S/C12H26N2O/c1-10(2)12(8-13)14(3)9-11-4-6-15-7-5-11/h10-12H,4-9,13H2,1-3H3. The molecule has 0 radical (unpaired) electrons. The second-order valence-corrected chi connectivity index (χ2v) is 5.04. The highest BCUT2D eigenvalue weighted by atomic mass is 16.5. The summed E-state index contributed by atoms with van der Waals surface area (Å²) in [6, 6.07) is 0.521. The lowest BCUT2D eigenvalue weighted by molar-refractivity contribution is 0.0474. The first kappa shape index (κ1) is 12.9. The monoisotopic (exact) mass is 214 g/mol. The van der Waals surface area contributed by atoms with Crippen molar-refractivity contribution < 1.29 is 4.74 Å². The van der Waals surface area contributed by atoms with Crippen LogP contribution in [0, 0.1) is 11.8 Å². The van der Waals surface area contributed by atoms with Crippen LogP contribution in [0.3, 0.4) is 0 Å². The molecule has 15 heavy (non-hydrogen) atoms. The minimum atomic E-state index is 0.521. The molecule has 0 aromatic rings. The average molecular weight is 214 g/mol. The van der Waals surface area contributed by atoms with Crippen molar-refractivity contribution in [3.63, 3.8) is 0 Å². The summed E-state index contributed by atoms with van der Waals surface area (Å²) in [5.41, 5.74) is 5.81. The van der Waals surface area contributed by atoms with E-state index >= 15 is 0 Å². The molecule has 1 aliphatic rings. The average Bonchev–Trinajstić information content (AvgIpc) is 2.19. The molecule has 90 valence electrons. The van der Waals surface area contributed by atoms with Crippen molar-refractivity contribution in [2.75, 3.05) is 33.4 Å². The van der Waals surface area contributed by atoms with Gasteiger partial charge in [-0.25, -0.2) is 0 Å². The van der Waals surface area contributed by atoms with E-state index in [1.54, 1.807) is 0 Å². The lowest BCUT2D eigenvalue weighted by atomic mass is 9.97. The number of ether oxygens (including phenoxy) is 1. The Hall–Kier alpha value is -0.120. The number of nitrogens with zero attached hydrogens (tertiary/aromatic N) is 1. The van der Waals surface area contributed by atoms with Crippen LogP contribution in [-0.4, -0.2) is 44.3 Å². The van der Waals surface area contributed by atoms with Gasteiger partial charge in [-0.2, -0.15) is 0 Å². The minimum Gasteiger partial charge on any atom is -0.381 e. The first-order valence-electron chi connectivity index (χ1n) is 6.13. The van der Waals surface area contributed by atoms with Gasteiger partial charge in [0.1, 0.15) is 0 Å². The second-order valence-electron chi connectivity index (χ2n) is 5.04. The van der Waals surface area contributed by atoms with Crippen molar-refractivity contribution in [2.45, 2.75) is 32.7 Å². The van der Waals surface area contributed by atoms with Crippen LogP contribution in [0.4, 0.5) is 0 Å². The molecule has 0 spiro atoms. The number of hydrogen-bond donors (Lipinski definition) is 1. The molecule has 1 unspecified atom stereocenters. The van der Waals surface area contributed by atoms with Crippen molar-refractivity contribution in [3.8, 4) is 0 Å². The normalized spacial score (nSPS) is 21.2. The maximum atomic E-state index is 5.81. The van der Waals surface area contributed by atoms with Crippen molar-refractivity contribution in [1.82, 2.24) is 4.90 Å². The summed E-state index contributed by atoms with van der Waals surface area (Å²) in [6.07, 6.45) is 2.42. The van der Waals surface area contributed by atoms with Crippen molar-refractivity contribution in [2.24, 2.45) is 17.6 Å². The second kappa shape index (κ2) is 6.46. The van der Waals surface area contributed by atoms with Gasteiger partial charge in [0.15, 0.2) is 0 Å². The third-order valence-electron chi connectivity index (χ3n) is 3.46. The van der Waals surface area contributed by atoms with Gasteiger partial charge in [-0.15, -0.1) is 0 Å². The van der Waals surface area contributed by atoms with Gasteiger partial charge >= 0.3 is 0 Å². The molecule has 0 aliphatic carbocycles. The van der Waals surface area contributed by atoms with Gasteiger partial charge in [0.2, 0.25) is 0 Å². The van der Waals surface area contributed by atoms with E-state index in [1.165, 1.54) is 19.4 Å². The van der Waals surface area contributed by atoms with E-state index in [2.05, 4.69) is 25.8 Å². The fourth-order valence-corrected chi connectivity index (χ4v) is 2.43. The van der Waals surface area contributed by atoms with Gasteiger partial charge in [0, 0.05) is 32.3 Å². The maximum Gasteiger partial charge on any atom is 0.0469 e. The molecule has 0 amide bonds. The third-order valence-corrected chi connectivity index (χ3v) is 3.46. The Labute approximate surface area is 94.0 Å². The van der Waals surface area contributed by atoms with E-state index in [-0.39, 0.29) is 0 Å². The Morgan fingerprint density at radius 3 is 2.40 bits per heavy atom. The maximum absolute atomic E-state index is 5.81. The number of nitrogens with two attached hydrogens (primary N) is 1. The van der Waals surface area contributed by atoms with Crippen molar-refractivity contribution >= 4 is 0 Å². The summed E-state index contributed by atoms with van der Waals surface area (Å²) in [4.78, 5) is 2.43. The fourth-order valence-electron chi connectivity index (χ4n) is 2.43. The fraction of sp³-hybridized carbons (Fsp3) is 1.00. The lowest BCUT2D eigenvalue weighted by Crippen LogP contribution is -2.44. The highest BCUT2D eigenvalue weighted by Gasteiger charge is 2.21. The first-order valence-corrected chi connectivity index (χ1v) is 6.13. The molecule has 0 saturated carbocycles. The van der Waals surface area contributed by atoms with E-state index < -0.39 is 0 Å². The van der Waals surface area contributed by atoms with E-state index in [0.29, 0.717) is 12.0 Å². The summed E-state index contributed by atoms with van der Waals surface area (Å²) >= 11 is 0. The van der Waals surface area contributed by atoms with Crippen LogP contribution in [0.2, 0.25) is 0 Å². The van der Waals surface area contributed by atoms with Gasteiger partial charge in [0.25, 0.3) is 0 Å². The van der Waals surface area contributed by atoms with Gasteiger partial charge in [-0.05, 0) is 31.7 Å². The highest BCUT2D eigenvalue weighted by Crippen LogP contribution is 2.18. The van der Waals surface area contributed by atoms with E-state index in [4.69, 9.17) is 10.5 Å². The largest absolute Gasteiger partial charge is 0.381 e. The van der Waals surface area contributed by atoms with Crippen LogP contribution in [0.15, 0.2) is 0 Å². The van der Waals surface area contributed by atoms with Crippen LogP contribution in [0.5, 0.6) is 0 Å². The molecular weight excluding hydrogens is 188 g/mol. The molecule has 3 heteroatoms. The zero-order chi connectivity index (χ0) is 11.3. The molecule has 0 aromatic carbocycles. The Balaban J connectivity index is 2.34. The third kappa shape index (κ3) is 4.09. The molecule has 1 heterocycles. The predicted molar refractivity (Wildman–Crippen MR) is 63.9 cm³/mol. The molecule has 0 bridgehead atoms. The smallest absolute Gasteiger partial charge is 0.0469 e. The van der Waals surface area contributed by atoms with Crippen LogP contribution >= 0.6 is 0 Å². The van der Waals surface area contributed by atoms with Gasteiger partial charge in [0.05, 0.1) is 0 Å². The van der Waals surface area contributed by atoms with Crippen molar-refractivity contribution in [3.05, 3.63) is 0 Å². The molecule has 1 aliphatic heterocycles. The van der Waals surface area contributed by atoms with E-state index in [0.717, 1.165) is 25.7 Å². The molecule has 1 rings (SSSR count). The van der Waals surface area contributed by atoms with Gasteiger partial charge in [-0.1, -0.05) is 13.8 Å². The molecule has 1 saturated heterocycles. The predicted octanol–water partition coefficient (Wildman–Crippen LogP) is 1.33. The Morgan fingerprint density at radius 1 is 1.33 bits per heavy atom. The van der Waals surface area contributed by atoms with Crippen LogP contribution in [-0.2, 0) is 4.74 Å². The molecule has 3 nitrogen and oxygen atoms in total.